The van der Waals surface area contributed by atoms with E-state index < -0.39 is 0 Å². The van der Waals surface area contributed by atoms with Gasteiger partial charge in [0.05, 0.1) is 6.61 Å². The summed E-state index contributed by atoms with van der Waals surface area (Å²) in [5.74, 6) is 0.0159. The van der Waals surface area contributed by atoms with Crippen molar-refractivity contribution in [3.05, 3.63) is 0 Å². The maximum Gasteiger partial charge on any atom is 0.306 e. The van der Waals surface area contributed by atoms with Gasteiger partial charge in [-0.25, -0.2) is 0 Å². The molecule has 0 spiro atoms. The Morgan fingerprint density at radius 3 is 1.57 bits per heavy atom. The van der Waals surface area contributed by atoms with Crippen molar-refractivity contribution in [1.82, 2.24) is 4.90 Å². The Morgan fingerprint density at radius 2 is 1.00 bits per heavy atom. The molecule has 1 rings (SSSR count). The average Bonchev–Trinajstić information content (AvgIpc) is 3.94. The van der Waals surface area contributed by atoms with Gasteiger partial charge in [-0.05, 0) is 102 Å². The number of aliphatic hydroxyl groups excluding tert-OH is 1. The number of esters is 2. The van der Waals surface area contributed by atoms with Crippen LogP contribution in [0.3, 0.4) is 0 Å². The van der Waals surface area contributed by atoms with Gasteiger partial charge in [0.2, 0.25) is 0 Å². The van der Waals surface area contributed by atoms with Crippen molar-refractivity contribution in [2.75, 3.05) is 32.8 Å². The molecule has 0 saturated heterocycles. The Balaban J connectivity index is 2.22. The lowest BCUT2D eigenvalue weighted by atomic mass is 9.94. The number of rotatable bonds is 42. The molecule has 0 radical (unpaired) electrons. The van der Waals surface area contributed by atoms with Crippen molar-refractivity contribution in [3.8, 4) is 0 Å². The van der Waals surface area contributed by atoms with E-state index in [9.17, 15) is 14.7 Å². The Labute approximate surface area is 330 Å². The van der Waals surface area contributed by atoms with Crippen LogP contribution in [0.4, 0.5) is 0 Å². The van der Waals surface area contributed by atoms with E-state index in [1.165, 1.54) is 154 Å². The fourth-order valence-corrected chi connectivity index (χ4v) is 7.86. The molecule has 6 nitrogen and oxygen atoms in total. The topological polar surface area (TPSA) is 76.1 Å². The predicted molar refractivity (Wildman–Crippen MR) is 225 cm³/mol. The molecule has 1 N–H and O–H groups in total. The molecule has 0 aliphatic heterocycles. The average molecular weight is 750 g/mol. The first kappa shape index (κ1) is 49.9. The first-order chi connectivity index (χ1) is 26.0. The third kappa shape index (κ3) is 31.7. The number of aliphatic hydroxyl groups is 1. The second kappa shape index (κ2) is 36.5. The standard InChI is InChI=1S/C47H91NO5/c1-4-7-10-13-16-20-25-33-45(50)52-43-29-22-17-21-28-39-48(40-30-42-49)41-38-47(36-37-47)35-27-26-34-46(51)53-44(31-23-18-14-11-8-5-2)32-24-19-15-12-9-6-3/h44,49H,4-43H2,1-3H3. The lowest BCUT2D eigenvalue weighted by molar-refractivity contribution is -0.150. The maximum absolute atomic E-state index is 12.9. The van der Waals surface area contributed by atoms with Crippen molar-refractivity contribution >= 4 is 11.9 Å². The molecule has 0 bridgehead atoms. The van der Waals surface area contributed by atoms with Crippen LogP contribution in [0.5, 0.6) is 0 Å². The number of ether oxygens (including phenoxy) is 2. The van der Waals surface area contributed by atoms with Crippen LogP contribution >= 0.6 is 0 Å². The van der Waals surface area contributed by atoms with E-state index >= 15 is 0 Å². The van der Waals surface area contributed by atoms with Crippen LogP contribution in [0.25, 0.3) is 0 Å². The molecule has 0 aromatic carbocycles. The second-order valence-electron chi connectivity index (χ2n) is 17.0. The highest BCUT2D eigenvalue weighted by Gasteiger charge is 2.41. The van der Waals surface area contributed by atoms with Gasteiger partial charge in [0.15, 0.2) is 0 Å². The zero-order valence-corrected chi connectivity index (χ0v) is 35.9. The van der Waals surface area contributed by atoms with Crippen molar-refractivity contribution < 1.29 is 24.2 Å². The normalized spacial score (nSPS) is 13.6. The van der Waals surface area contributed by atoms with Crippen LogP contribution in [0.1, 0.15) is 245 Å². The van der Waals surface area contributed by atoms with Crippen LogP contribution in [0, 0.1) is 5.41 Å². The van der Waals surface area contributed by atoms with E-state index in [2.05, 4.69) is 25.7 Å². The molecule has 0 aromatic rings. The minimum Gasteiger partial charge on any atom is -0.466 e. The first-order valence-corrected chi connectivity index (χ1v) is 23.7. The molecule has 53 heavy (non-hydrogen) atoms. The van der Waals surface area contributed by atoms with E-state index in [-0.39, 0.29) is 24.6 Å². The Bertz CT molecular complexity index is 799. The van der Waals surface area contributed by atoms with Crippen molar-refractivity contribution in [2.24, 2.45) is 5.41 Å². The van der Waals surface area contributed by atoms with Gasteiger partial charge in [0, 0.05) is 26.0 Å². The van der Waals surface area contributed by atoms with Gasteiger partial charge in [-0.1, -0.05) is 149 Å². The van der Waals surface area contributed by atoms with Crippen LogP contribution in [-0.2, 0) is 19.1 Å². The van der Waals surface area contributed by atoms with E-state index in [1.54, 1.807) is 0 Å². The van der Waals surface area contributed by atoms with Gasteiger partial charge >= 0.3 is 11.9 Å². The first-order valence-electron chi connectivity index (χ1n) is 23.7. The summed E-state index contributed by atoms with van der Waals surface area (Å²) in [5, 5.41) is 9.49. The van der Waals surface area contributed by atoms with Crippen LogP contribution in [-0.4, -0.2) is 60.9 Å². The smallest absolute Gasteiger partial charge is 0.306 e. The fourth-order valence-electron chi connectivity index (χ4n) is 7.86. The predicted octanol–water partition coefficient (Wildman–Crippen LogP) is 13.4. The number of carbonyl (C=O) groups is 2. The Hall–Kier alpha value is -1.14. The number of nitrogens with zero attached hydrogens (tertiary/aromatic N) is 1. The molecule has 314 valence electrons. The number of hydrogen-bond donors (Lipinski definition) is 1. The number of unbranched alkanes of at least 4 members (excludes halogenated alkanes) is 21. The van der Waals surface area contributed by atoms with Crippen LogP contribution < -0.4 is 0 Å². The third-order valence-corrected chi connectivity index (χ3v) is 11.8. The summed E-state index contributed by atoms with van der Waals surface area (Å²) in [6, 6.07) is 0. The summed E-state index contributed by atoms with van der Waals surface area (Å²) < 4.78 is 11.6. The lowest BCUT2D eigenvalue weighted by Crippen LogP contribution is -2.29. The highest BCUT2D eigenvalue weighted by molar-refractivity contribution is 5.69. The molecule has 0 unspecified atom stereocenters. The maximum atomic E-state index is 12.9. The Morgan fingerprint density at radius 1 is 0.528 bits per heavy atom. The Kier molecular flexibility index (Phi) is 34.3. The minimum atomic E-state index is -0.0182. The molecule has 1 fully saturated rings. The molecule has 1 aliphatic carbocycles. The third-order valence-electron chi connectivity index (χ3n) is 11.8. The van der Waals surface area contributed by atoms with Gasteiger partial charge < -0.3 is 19.5 Å². The van der Waals surface area contributed by atoms with Gasteiger partial charge in [-0.3, -0.25) is 9.59 Å². The lowest BCUT2D eigenvalue weighted by Gasteiger charge is -2.25. The minimum absolute atomic E-state index is 0.0182. The molecule has 1 saturated carbocycles. The molecule has 0 aromatic heterocycles. The van der Waals surface area contributed by atoms with Crippen molar-refractivity contribution in [3.63, 3.8) is 0 Å². The van der Waals surface area contributed by atoms with Gasteiger partial charge in [0.25, 0.3) is 0 Å². The van der Waals surface area contributed by atoms with E-state index in [0.717, 1.165) is 77.4 Å². The summed E-state index contributed by atoms with van der Waals surface area (Å²) in [6.45, 7) is 10.8. The summed E-state index contributed by atoms with van der Waals surface area (Å²) in [5.41, 5.74) is 0.478. The molecule has 6 heteroatoms. The van der Waals surface area contributed by atoms with Crippen molar-refractivity contribution in [1.29, 1.82) is 0 Å². The molecular formula is C47H91NO5. The molecular weight excluding hydrogens is 659 g/mol. The highest BCUT2D eigenvalue weighted by atomic mass is 16.5. The van der Waals surface area contributed by atoms with Crippen LogP contribution in [0.15, 0.2) is 0 Å². The highest BCUT2D eigenvalue weighted by Crippen LogP contribution is 2.53. The summed E-state index contributed by atoms with van der Waals surface area (Å²) in [7, 11) is 0. The number of carbonyl (C=O) groups excluding carboxylic acids is 2. The molecule has 0 atom stereocenters. The van der Waals surface area contributed by atoms with Crippen molar-refractivity contribution in [2.45, 2.75) is 252 Å². The quantitative estimate of drug-likeness (QED) is 0.0495. The summed E-state index contributed by atoms with van der Waals surface area (Å²) in [4.78, 5) is 27.5. The largest absolute Gasteiger partial charge is 0.466 e. The van der Waals surface area contributed by atoms with E-state index in [1.807, 2.05) is 0 Å². The summed E-state index contributed by atoms with van der Waals surface area (Å²) >= 11 is 0. The molecule has 0 amide bonds. The van der Waals surface area contributed by atoms with Crippen LogP contribution in [0.2, 0.25) is 0 Å². The zero-order valence-electron chi connectivity index (χ0n) is 35.9. The van der Waals surface area contributed by atoms with Gasteiger partial charge in [0.1, 0.15) is 6.10 Å². The summed E-state index contributed by atoms with van der Waals surface area (Å²) in [6.07, 6.45) is 41.1. The van der Waals surface area contributed by atoms with Gasteiger partial charge in [-0.15, -0.1) is 0 Å². The van der Waals surface area contributed by atoms with Gasteiger partial charge in [-0.2, -0.15) is 0 Å². The monoisotopic (exact) mass is 750 g/mol. The fraction of sp³-hybridized carbons (Fsp3) is 0.957. The number of hydrogen-bond acceptors (Lipinski definition) is 6. The molecule has 0 heterocycles. The van der Waals surface area contributed by atoms with E-state index in [4.69, 9.17) is 9.47 Å². The zero-order chi connectivity index (χ0) is 38.5. The van der Waals surface area contributed by atoms with E-state index in [0.29, 0.717) is 24.9 Å². The molecule has 1 aliphatic rings. The SMILES string of the molecule is CCCCCCCCCC(=O)OCCCCCCCN(CCCO)CCC1(CCCCC(=O)OC(CCCCCCCC)CCCCCCCC)CC1. The second-order valence-corrected chi connectivity index (χ2v) is 17.0.